The third kappa shape index (κ3) is 2.68. The first-order chi connectivity index (χ1) is 7.79. The molecule has 1 aromatic heterocycles. The Morgan fingerprint density at radius 1 is 1.38 bits per heavy atom. The van der Waals surface area contributed by atoms with Gasteiger partial charge in [0, 0.05) is 10.0 Å². The van der Waals surface area contributed by atoms with Crippen LogP contribution in [0.3, 0.4) is 0 Å². The Balaban J connectivity index is 2.18. The van der Waals surface area contributed by atoms with Gasteiger partial charge in [-0.1, -0.05) is 28.9 Å². The lowest BCUT2D eigenvalue weighted by atomic mass is 10.2. The smallest absolute Gasteiger partial charge is 0.247 e. The Morgan fingerprint density at radius 3 is 3.00 bits per heavy atom. The lowest BCUT2D eigenvalue weighted by Crippen LogP contribution is -2.11. The fraction of sp³-hybridized carbons (Fsp3) is 0.273. The quantitative estimate of drug-likeness (QED) is 0.936. The van der Waals surface area contributed by atoms with Gasteiger partial charge in [-0.25, -0.2) is 0 Å². The number of nitrogens with zero attached hydrogens (tertiary/aromatic N) is 2. The molecule has 0 unspecified atom stereocenters. The number of benzene rings is 1. The number of rotatable bonds is 4. The molecule has 84 valence electrons. The molecule has 1 N–H and O–H groups in total. The fourth-order valence-corrected chi connectivity index (χ4v) is 1.69. The number of hydrogen-bond donors (Lipinski definition) is 1. The predicted molar refractivity (Wildman–Crippen MR) is 64.8 cm³/mol. The van der Waals surface area contributed by atoms with Gasteiger partial charge < -0.3 is 9.73 Å². The number of nitrogens with one attached hydrogen (secondary N) is 1. The normalized spacial score (nSPS) is 10.6. The third-order valence-corrected chi connectivity index (χ3v) is 2.56. The van der Waals surface area contributed by atoms with E-state index in [0.717, 1.165) is 16.6 Å². The summed E-state index contributed by atoms with van der Waals surface area (Å²) in [5, 5.41) is 11.1. The van der Waals surface area contributed by atoms with Crippen LogP contribution in [0, 0.1) is 0 Å². The van der Waals surface area contributed by atoms with E-state index in [4.69, 9.17) is 4.42 Å². The Morgan fingerprint density at radius 2 is 2.25 bits per heavy atom. The molecule has 0 saturated carbocycles. The minimum absolute atomic E-state index is 0.550. The number of hydrogen-bond acceptors (Lipinski definition) is 4. The fourth-order valence-electron chi connectivity index (χ4n) is 1.30. The van der Waals surface area contributed by atoms with E-state index in [1.807, 2.05) is 31.2 Å². The molecule has 4 nitrogen and oxygen atoms in total. The first kappa shape index (κ1) is 11.3. The molecule has 2 aromatic rings. The van der Waals surface area contributed by atoms with Gasteiger partial charge in [0.1, 0.15) is 0 Å². The van der Waals surface area contributed by atoms with Gasteiger partial charge >= 0.3 is 0 Å². The molecule has 0 saturated heterocycles. The molecule has 0 bridgehead atoms. The van der Waals surface area contributed by atoms with Crippen LogP contribution in [0.25, 0.3) is 11.5 Å². The summed E-state index contributed by atoms with van der Waals surface area (Å²) in [4.78, 5) is 0. The zero-order valence-electron chi connectivity index (χ0n) is 8.90. The summed E-state index contributed by atoms with van der Waals surface area (Å²) in [6, 6.07) is 7.78. The van der Waals surface area contributed by atoms with Gasteiger partial charge in [0.25, 0.3) is 0 Å². The molecular weight excluding hydrogens is 270 g/mol. The van der Waals surface area contributed by atoms with Crippen LogP contribution in [0.15, 0.2) is 33.2 Å². The van der Waals surface area contributed by atoms with Crippen molar-refractivity contribution in [3.63, 3.8) is 0 Å². The topological polar surface area (TPSA) is 51.0 Å². The Labute approximate surface area is 102 Å². The van der Waals surface area contributed by atoms with Crippen molar-refractivity contribution in [3.05, 3.63) is 34.6 Å². The van der Waals surface area contributed by atoms with Crippen molar-refractivity contribution < 1.29 is 4.42 Å². The molecule has 0 aliphatic rings. The Hall–Kier alpha value is -1.20. The van der Waals surface area contributed by atoms with Gasteiger partial charge in [-0.2, -0.15) is 0 Å². The molecule has 1 heterocycles. The van der Waals surface area contributed by atoms with E-state index in [0.29, 0.717) is 18.3 Å². The van der Waals surface area contributed by atoms with Gasteiger partial charge in [0.05, 0.1) is 6.54 Å². The van der Waals surface area contributed by atoms with Crippen LogP contribution in [0.4, 0.5) is 0 Å². The largest absolute Gasteiger partial charge is 0.419 e. The molecule has 16 heavy (non-hydrogen) atoms. The predicted octanol–water partition coefficient (Wildman–Crippen LogP) is 2.61. The summed E-state index contributed by atoms with van der Waals surface area (Å²) in [6.07, 6.45) is 0. The zero-order chi connectivity index (χ0) is 11.4. The van der Waals surface area contributed by atoms with Gasteiger partial charge in [-0.3, -0.25) is 0 Å². The SMILES string of the molecule is CCNCc1nnc(-c2cccc(Br)c2)o1. The second-order valence-corrected chi connectivity index (χ2v) is 4.21. The molecule has 1 aromatic carbocycles. The lowest BCUT2D eigenvalue weighted by molar-refractivity contribution is 0.482. The zero-order valence-corrected chi connectivity index (χ0v) is 10.5. The van der Waals surface area contributed by atoms with Gasteiger partial charge in [0.15, 0.2) is 0 Å². The molecule has 0 aliphatic carbocycles. The monoisotopic (exact) mass is 281 g/mol. The van der Waals surface area contributed by atoms with E-state index < -0.39 is 0 Å². The van der Waals surface area contributed by atoms with E-state index in [1.54, 1.807) is 0 Å². The summed E-state index contributed by atoms with van der Waals surface area (Å²) in [5.41, 5.74) is 0.921. The maximum absolute atomic E-state index is 5.52. The summed E-state index contributed by atoms with van der Waals surface area (Å²) >= 11 is 3.41. The highest BCUT2D eigenvalue weighted by atomic mass is 79.9. The summed E-state index contributed by atoms with van der Waals surface area (Å²) in [7, 11) is 0. The van der Waals surface area contributed by atoms with Crippen LogP contribution >= 0.6 is 15.9 Å². The molecular formula is C11H12BrN3O. The molecule has 5 heteroatoms. The summed E-state index contributed by atoms with van der Waals surface area (Å²) in [5.74, 6) is 1.16. The molecule has 0 amide bonds. The van der Waals surface area contributed by atoms with Crippen LogP contribution in [-0.2, 0) is 6.54 Å². The number of aromatic nitrogens is 2. The van der Waals surface area contributed by atoms with Crippen LogP contribution in [-0.4, -0.2) is 16.7 Å². The minimum Gasteiger partial charge on any atom is -0.419 e. The average molecular weight is 282 g/mol. The van der Waals surface area contributed by atoms with E-state index in [1.165, 1.54) is 0 Å². The van der Waals surface area contributed by atoms with Crippen molar-refractivity contribution in [1.29, 1.82) is 0 Å². The lowest BCUT2D eigenvalue weighted by Gasteiger charge is -1.96. The van der Waals surface area contributed by atoms with Gasteiger partial charge in [-0.15, -0.1) is 10.2 Å². The van der Waals surface area contributed by atoms with Crippen molar-refractivity contribution in [2.45, 2.75) is 13.5 Å². The third-order valence-electron chi connectivity index (χ3n) is 2.06. The Bertz CT molecular complexity index is 470. The van der Waals surface area contributed by atoms with Crippen LogP contribution in [0.5, 0.6) is 0 Å². The highest BCUT2D eigenvalue weighted by molar-refractivity contribution is 9.10. The highest BCUT2D eigenvalue weighted by Gasteiger charge is 2.07. The molecule has 0 fully saturated rings. The average Bonchev–Trinajstić information content (AvgIpc) is 2.75. The molecule has 2 rings (SSSR count). The van der Waals surface area contributed by atoms with Crippen molar-refractivity contribution in [1.82, 2.24) is 15.5 Å². The van der Waals surface area contributed by atoms with Crippen molar-refractivity contribution >= 4 is 15.9 Å². The van der Waals surface area contributed by atoms with Crippen LogP contribution in [0.2, 0.25) is 0 Å². The van der Waals surface area contributed by atoms with E-state index in [9.17, 15) is 0 Å². The van der Waals surface area contributed by atoms with Crippen molar-refractivity contribution in [3.8, 4) is 11.5 Å². The first-order valence-electron chi connectivity index (χ1n) is 5.08. The first-order valence-corrected chi connectivity index (χ1v) is 5.88. The van der Waals surface area contributed by atoms with E-state index in [2.05, 4.69) is 31.4 Å². The highest BCUT2D eigenvalue weighted by Crippen LogP contribution is 2.21. The minimum atomic E-state index is 0.550. The van der Waals surface area contributed by atoms with Gasteiger partial charge in [0.2, 0.25) is 11.8 Å². The molecule has 0 radical (unpaired) electrons. The van der Waals surface area contributed by atoms with Gasteiger partial charge in [-0.05, 0) is 24.7 Å². The van der Waals surface area contributed by atoms with E-state index in [-0.39, 0.29) is 0 Å². The van der Waals surface area contributed by atoms with E-state index >= 15 is 0 Å². The molecule has 0 aliphatic heterocycles. The Kier molecular flexibility index (Phi) is 3.69. The standard InChI is InChI=1S/C11H12BrN3O/c1-2-13-7-10-14-15-11(16-10)8-4-3-5-9(12)6-8/h3-6,13H,2,7H2,1H3. The maximum atomic E-state index is 5.52. The summed E-state index contributed by atoms with van der Waals surface area (Å²) in [6.45, 7) is 3.53. The number of halogens is 1. The second kappa shape index (κ2) is 5.23. The van der Waals surface area contributed by atoms with Crippen molar-refractivity contribution in [2.24, 2.45) is 0 Å². The molecule has 0 atom stereocenters. The second-order valence-electron chi connectivity index (χ2n) is 3.29. The van der Waals surface area contributed by atoms with Crippen molar-refractivity contribution in [2.75, 3.05) is 6.54 Å². The molecule has 0 spiro atoms. The van der Waals surface area contributed by atoms with Crippen LogP contribution in [0.1, 0.15) is 12.8 Å². The summed E-state index contributed by atoms with van der Waals surface area (Å²) < 4.78 is 6.52. The van der Waals surface area contributed by atoms with Crippen LogP contribution < -0.4 is 5.32 Å². The maximum Gasteiger partial charge on any atom is 0.247 e.